The summed E-state index contributed by atoms with van der Waals surface area (Å²) in [6.45, 7) is 0. The smallest absolute Gasteiger partial charge is 0.164 e. The van der Waals surface area contributed by atoms with Crippen molar-refractivity contribution >= 4 is 127 Å². The second kappa shape index (κ2) is 12.0. The third kappa shape index (κ3) is 4.60. The molecule has 0 bridgehead atoms. The highest BCUT2D eigenvalue weighted by molar-refractivity contribution is 7.27. The summed E-state index contributed by atoms with van der Waals surface area (Å²) in [7, 11) is 0. The number of benzene rings is 9. The highest BCUT2D eigenvalue weighted by atomic mass is 32.1. The SMILES string of the molecule is c1ccc2c(c1)cc(-c1nc(-c3cc4ccccc4c4sc5ccccc5c34)nc(-c3cc4ccccc4c4sc5ccccc5c34)n1)c1c3ccccc3sc21. The van der Waals surface area contributed by atoms with E-state index in [1.807, 2.05) is 34.0 Å². The molecule has 0 unspecified atom stereocenters. The highest BCUT2D eigenvalue weighted by Crippen LogP contribution is 2.48. The lowest BCUT2D eigenvalue weighted by atomic mass is 9.98. The molecule has 264 valence electrons. The van der Waals surface area contributed by atoms with Crippen LogP contribution < -0.4 is 0 Å². The molecule has 13 rings (SSSR count). The number of fused-ring (bicyclic) bond motifs is 15. The lowest BCUT2D eigenvalue weighted by Crippen LogP contribution is -2.01. The van der Waals surface area contributed by atoms with Crippen molar-refractivity contribution in [3.63, 3.8) is 0 Å². The van der Waals surface area contributed by atoms with Gasteiger partial charge in [-0.15, -0.1) is 34.0 Å². The molecule has 0 amide bonds. The van der Waals surface area contributed by atoms with E-state index < -0.39 is 0 Å². The zero-order chi connectivity index (χ0) is 37.2. The predicted octanol–water partition coefficient (Wildman–Crippen LogP) is 15.4. The Morgan fingerprint density at radius 1 is 0.281 bits per heavy atom. The zero-order valence-electron chi connectivity index (χ0n) is 30.2. The minimum atomic E-state index is 0.677. The van der Waals surface area contributed by atoms with Crippen molar-refractivity contribution < 1.29 is 0 Å². The molecule has 4 heterocycles. The van der Waals surface area contributed by atoms with Crippen molar-refractivity contribution in [3.05, 3.63) is 164 Å². The molecule has 0 N–H and O–H groups in total. The van der Waals surface area contributed by atoms with Crippen LogP contribution in [-0.2, 0) is 0 Å². The Kier molecular flexibility index (Phi) is 6.64. The molecule has 3 nitrogen and oxygen atoms in total. The van der Waals surface area contributed by atoms with Gasteiger partial charge in [0.05, 0.1) is 0 Å². The van der Waals surface area contributed by atoms with E-state index in [0.717, 1.165) is 16.7 Å². The fourth-order valence-electron chi connectivity index (χ4n) is 8.95. The van der Waals surface area contributed by atoms with E-state index in [1.54, 1.807) is 0 Å². The first-order chi connectivity index (χ1) is 28.2. The minimum absolute atomic E-state index is 0.677. The van der Waals surface area contributed by atoms with Crippen molar-refractivity contribution in [1.29, 1.82) is 0 Å². The van der Waals surface area contributed by atoms with Gasteiger partial charge in [-0.2, -0.15) is 0 Å². The summed E-state index contributed by atoms with van der Waals surface area (Å²) in [4.78, 5) is 16.7. The van der Waals surface area contributed by atoms with Crippen LogP contribution in [0.5, 0.6) is 0 Å². The Bertz CT molecular complexity index is 3420. The maximum atomic E-state index is 5.57. The summed E-state index contributed by atoms with van der Waals surface area (Å²) in [5.41, 5.74) is 3.06. The molecule has 0 fully saturated rings. The van der Waals surface area contributed by atoms with E-state index in [9.17, 15) is 0 Å². The highest BCUT2D eigenvalue weighted by Gasteiger charge is 2.24. The Hall–Kier alpha value is -6.57. The topological polar surface area (TPSA) is 38.7 Å². The lowest BCUT2D eigenvalue weighted by molar-refractivity contribution is 1.08. The summed E-state index contributed by atoms with van der Waals surface area (Å²) < 4.78 is 7.51. The molecule has 57 heavy (non-hydrogen) atoms. The number of rotatable bonds is 3. The van der Waals surface area contributed by atoms with Crippen molar-refractivity contribution in [2.45, 2.75) is 0 Å². The summed E-state index contributed by atoms with van der Waals surface area (Å²) in [6, 6.07) is 59.2. The van der Waals surface area contributed by atoms with Crippen molar-refractivity contribution in [1.82, 2.24) is 15.0 Å². The first kappa shape index (κ1) is 31.6. The molecule has 0 saturated heterocycles. The molecular weight excluding hydrogens is 751 g/mol. The third-order valence-electron chi connectivity index (χ3n) is 11.5. The Labute approximate surface area is 337 Å². The van der Waals surface area contributed by atoms with Gasteiger partial charge >= 0.3 is 0 Å². The summed E-state index contributed by atoms with van der Waals surface area (Å²) in [5.74, 6) is 2.03. The van der Waals surface area contributed by atoms with E-state index in [0.29, 0.717) is 17.5 Å². The molecular formula is C51H27N3S3. The second-order valence-corrected chi connectivity index (χ2v) is 17.8. The monoisotopic (exact) mass is 777 g/mol. The maximum Gasteiger partial charge on any atom is 0.164 e. The number of hydrogen-bond donors (Lipinski definition) is 0. The van der Waals surface area contributed by atoms with E-state index in [2.05, 4.69) is 164 Å². The van der Waals surface area contributed by atoms with Crippen LogP contribution in [0, 0.1) is 0 Å². The van der Waals surface area contributed by atoms with E-state index in [1.165, 1.54) is 92.8 Å². The van der Waals surface area contributed by atoms with Gasteiger partial charge in [-0.05, 0) is 68.7 Å². The summed E-state index contributed by atoms with van der Waals surface area (Å²) in [6.07, 6.45) is 0. The molecule has 6 heteroatoms. The number of hydrogen-bond acceptors (Lipinski definition) is 6. The van der Waals surface area contributed by atoms with Gasteiger partial charge in [0.25, 0.3) is 0 Å². The standard InChI is InChI=1S/C51H27N3S3/c1-4-16-31-28(13-1)25-37(43-34-19-7-10-22-40(34)55-46(31)43)49-52-50(38-26-29-14-2-5-17-32(29)47-44(38)35-20-8-11-23-41(35)56-47)54-51(53-49)39-27-30-15-3-6-18-33(30)48-45(39)36-21-9-12-24-42(36)57-48/h1-27H. The van der Waals surface area contributed by atoms with Gasteiger partial charge < -0.3 is 0 Å². The Morgan fingerprint density at radius 3 is 0.860 bits per heavy atom. The van der Waals surface area contributed by atoms with Crippen LogP contribution in [0.2, 0.25) is 0 Å². The summed E-state index contributed by atoms with van der Waals surface area (Å²) in [5, 5.41) is 14.5. The van der Waals surface area contributed by atoms with E-state index in [4.69, 9.17) is 15.0 Å². The predicted molar refractivity (Wildman–Crippen MR) is 247 cm³/mol. The van der Waals surface area contributed by atoms with Crippen LogP contribution in [0.15, 0.2) is 164 Å². The van der Waals surface area contributed by atoms with Crippen LogP contribution in [0.4, 0.5) is 0 Å². The maximum absolute atomic E-state index is 5.57. The average molecular weight is 778 g/mol. The molecule has 0 aliphatic rings. The van der Waals surface area contributed by atoms with Gasteiger partial charge in [-0.3, -0.25) is 0 Å². The van der Waals surface area contributed by atoms with Gasteiger partial charge in [0.2, 0.25) is 0 Å². The second-order valence-electron chi connectivity index (χ2n) is 14.6. The van der Waals surface area contributed by atoms with Gasteiger partial charge in [0.1, 0.15) is 0 Å². The van der Waals surface area contributed by atoms with Gasteiger partial charge in [-0.25, -0.2) is 15.0 Å². The van der Waals surface area contributed by atoms with Crippen LogP contribution in [0.3, 0.4) is 0 Å². The zero-order valence-corrected chi connectivity index (χ0v) is 32.6. The minimum Gasteiger partial charge on any atom is -0.208 e. The fourth-order valence-corrected chi connectivity index (χ4v) is 12.7. The number of aromatic nitrogens is 3. The molecule has 0 spiro atoms. The number of nitrogens with zero attached hydrogens (tertiary/aromatic N) is 3. The summed E-state index contributed by atoms with van der Waals surface area (Å²) >= 11 is 5.53. The van der Waals surface area contributed by atoms with Crippen LogP contribution in [-0.4, -0.2) is 15.0 Å². The van der Waals surface area contributed by atoms with Gasteiger partial charge in [0.15, 0.2) is 17.5 Å². The molecule has 0 aliphatic heterocycles. The first-order valence-electron chi connectivity index (χ1n) is 19.0. The molecule has 0 aliphatic carbocycles. The lowest BCUT2D eigenvalue weighted by Gasteiger charge is -2.14. The van der Waals surface area contributed by atoms with Crippen LogP contribution in [0.1, 0.15) is 0 Å². The molecule has 0 saturated carbocycles. The molecule has 13 aromatic rings. The van der Waals surface area contributed by atoms with Gasteiger partial charge in [0, 0.05) is 77.2 Å². The normalized spacial score (nSPS) is 12.2. The average Bonchev–Trinajstić information content (AvgIpc) is 3.98. The first-order valence-corrected chi connectivity index (χ1v) is 21.5. The van der Waals surface area contributed by atoms with Crippen LogP contribution >= 0.6 is 34.0 Å². The quantitative estimate of drug-likeness (QED) is 0.179. The largest absolute Gasteiger partial charge is 0.208 e. The third-order valence-corrected chi connectivity index (χ3v) is 15.1. The molecule has 0 radical (unpaired) electrons. The molecule has 9 aromatic carbocycles. The van der Waals surface area contributed by atoms with Crippen molar-refractivity contribution in [2.24, 2.45) is 0 Å². The molecule has 4 aromatic heterocycles. The fraction of sp³-hybridized carbons (Fsp3) is 0. The van der Waals surface area contributed by atoms with E-state index in [-0.39, 0.29) is 0 Å². The van der Waals surface area contributed by atoms with E-state index >= 15 is 0 Å². The van der Waals surface area contributed by atoms with Gasteiger partial charge in [-0.1, -0.05) is 127 Å². The Morgan fingerprint density at radius 2 is 0.544 bits per heavy atom. The Balaban J connectivity index is 1.22. The number of thiophene rings is 3. The van der Waals surface area contributed by atoms with Crippen LogP contribution in [0.25, 0.3) is 127 Å². The molecule has 0 atom stereocenters. The van der Waals surface area contributed by atoms with Crippen molar-refractivity contribution in [2.75, 3.05) is 0 Å². The van der Waals surface area contributed by atoms with Crippen molar-refractivity contribution in [3.8, 4) is 34.2 Å².